The molecule has 0 aromatic carbocycles. The number of carbonyl (C=O) groups excluding carboxylic acids is 1. The Morgan fingerprint density at radius 3 is 2.70 bits per heavy atom. The average Bonchev–Trinajstić information content (AvgIpc) is 3.18. The maximum absolute atomic E-state index is 12.8. The van der Waals surface area contributed by atoms with Crippen LogP contribution in [-0.4, -0.2) is 37.3 Å². The van der Waals surface area contributed by atoms with Gasteiger partial charge in [0.25, 0.3) is 5.91 Å². The summed E-state index contributed by atoms with van der Waals surface area (Å²) >= 11 is 0. The molecule has 7 heteroatoms. The summed E-state index contributed by atoms with van der Waals surface area (Å²) in [5.41, 5.74) is 2.16. The summed E-state index contributed by atoms with van der Waals surface area (Å²) in [6.45, 7) is 2.64. The summed E-state index contributed by atoms with van der Waals surface area (Å²) < 4.78 is 0. The number of rotatable bonds is 4. The van der Waals surface area contributed by atoms with E-state index in [0.717, 1.165) is 30.0 Å². The second-order valence-electron chi connectivity index (χ2n) is 6.48. The lowest BCUT2D eigenvalue weighted by molar-refractivity contribution is 0.0726. The minimum Gasteiger partial charge on any atom is -0.329 e. The van der Waals surface area contributed by atoms with Crippen LogP contribution in [0, 0.1) is 6.92 Å². The first kappa shape index (κ1) is 17.1. The highest BCUT2D eigenvalue weighted by Crippen LogP contribution is 2.32. The molecule has 0 spiro atoms. The summed E-state index contributed by atoms with van der Waals surface area (Å²) in [6.07, 6.45) is 6.43. The zero-order valence-electron chi connectivity index (χ0n) is 15.0. The zero-order chi connectivity index (χ0) is 18.6. The maximum Gasteiger partial charge on any atom is 0.274 e. The SMILES string of the molecule is Cc1cccc(Nc2cccc([C@H]3CCCN3C(=O)c3cnccn3)n2)n1. The van der Waals surface area contributed by atoms with Crippen molar-refractivity contribution in [1.29, 1.82) is 0 Å². The number of aromatic nitrogens is 4. The van der Waals surface area contributed by atoms with E-state index in [1.165, 1.54) is 12.4 Å². The predicted octanol–water partition coefficient (Wildman–Crippen LogP) is 3.30. The van der Waals surface area contributed by atoms with Crippen molar-refractivity contribution < 1.29 is 4.79 Å². The van der Waals surface area contributed by atoms with Crippen molar-refractivity contribution in [2.45, 2.75) is 25.8 Å². The van der Waals surface area contributed by atoms with Crippen LogP contribution in [0.1, 0.15) is 40.8 Å². The quantitative estimate of drug-likeness (QED) is 0.768. The second kappa shape index (κ2) is 7.49. The minimum atomic E-state index is -0.105. The van der Waals surface area contributed by atoms with E-state index in [2.05, 4.69) is 20.3 Å². The first-order valence-electron chi connectivity index (χ1n) is 8.95. The Bertz CT molecular complexity index is 946. The summed E-state index contributed by atoms with van der Waals surface area (Å²) in [5.74, 6) is 1.36. The molecule has 7 nitrogen and oxygen atoms in total. The fraction of sp³-hybridized carbons (Fsp3) is 0.250. The van der Waals surface area contributed by atoms with Crippen molar-refractivity contribution in [3.63, 3.8) is 0 Å². The normalized spacial score (nSPS) is 16.3. The minimum absolute atomic E-state index is 0.0632. The van der Waals surface area contributed by atoms with E-state index in [-0.39, 0.29) is 11.9 Å². The third-order valence-corrected chi connectivity index (χ3v) is 4.55. The van der Waals surface area contributed by atoms with Crippen molar-refractivity contribution in [2.24, 2.45) is 0 Å². The molecule has 1 saturated heterocycles. The molecule has 4 rings (SSSR count). The van der Waals surface area contributed by atoms with E-state index in [1.54, 1.807) is 6.20 Å². The van der Waals surface area contributed by atoms with Crippen LogP contribution in [0.4, 0.5) is 11.6 Å². The van der Waals surface area contributed by atoms with Gasteiger partial charge in [0.15, 0.2) is 0 Å². The summed E-state index contributed by atoms with van der Waals surface area (Å²) in [6, 6.07) is 11.5. The molecule has 136 valence electrons. The Morgan fingerprint density at radius 1 is 1.11 bits per heavy atom. The van der Waals surface area contributed by atoms with Crippen molar-refractivity contribution in [1.82, 2.24) is 24.8 Å². The van der Waals surface area contributed by atoms with Crippen molar-refractivity contribution in [3.8, 4) is 0 Å². The molecule has 1 N–H and O–H groups in total. The van der Waals surface area contributed by atoms with Crippen LogP contribution >= 0.6 is 0 Å². The van der Waals surface area contributed by atoms with Crippen LogP contribution in [0.15, 0.2) is 55.0 Å². The molecule has 27 heavy (non-hydrogen) atoms. The van der Waals surface area contributed by atoms with E-state index >= 15 is 0 Å². The van der Waals surface area contributed by atoms with Crippen LogP contribution in [0.5, 0.6) is 0 Å². The molecule has 0 bridgehead atoms. The van der Waals surface area contributed by atoms with Crippen LogP contribution in [0.2, 0.25) is 0 Å². The lowest BCUT2D eigenvalue weighted by Crippen LogP contribution is -2.31. The van der Waals surface area contributed by atoms with Crippen molar-refractivity contribution in [3.05, 3.63) is 72.1 Å². The molecule has 1 aliphatic rings. The number of aryl methyl sites for hydroxylation is 1. The van der Waals surface area contributed by atoms with Gasteiger partial charge in [-0.1, -0.05) is 12.1 Å². The van der Waals surface area contributed by atoms with Gasteiger partial charge < -0.3 is 10.2 Å². The number of likely N-dealkylation sites (tertiary alicyclic amines) is 1. The van der Waals surface area contributed by atoms with E-state index in [9.17, 15) is 4.79 Å². The van der Waals surface area contributed by atoms with Crippen molar-refractivity contribution in [2.75, 3.05) is 11.9 Å². The van der Waals surface area contributed by atoms with Gasteiger partial charge in [0.1, 0.15) is 17.3 Å². The topological polar surface area (TPSA) is 83.9 Å². The van der Waals surface area contributed by atoms with Gasteiger partial charge in [-0.25, -0.2) is 15.0 Å². The maximum atomic E-state index is 12.8. The number of nitrogens with one attached hydrogen (secondary N) is 1. The Balaban J connectivity index is 1.56. The van der Waals surface area contributed by atoms with Crippen LogP contribution in [0.25, 0.3) is 0 Å². The first-order chi connectivity index (χ1) is 13.2. The van der Waals surface area contributed by atoms with E-state index in [0.29, 0.717) is 18.1 Å². The fourth-order valence-electron chi connectivity index (χ4n) is 3.32. The number of nitrogens with zero attached hydrogens (tertiary/aromatic N) is 5. The average molecular weight is 360 g/mol. The highest BCUT2D eigenvalue weighted by Gasteiger charge is 2.32. The van der Waals surface area contributed by atoms with Gasteiger partial charge in [-0.3, -0.25) is 9.78 Å². The van der Waals surface area contributed by atoms with Crippen LogP contribution < -0.4 is 5.32 Å². The third kappa shape index (κ3) is 3.76. The largest absolute Gasteiger partial charge is 0.329 e. The van der Waals surface area contributed by atoms with Gasteiger partial charge in [0.2, 0.25) is 0 Å². The number of carbonyl (C=O) groups is 1. The van der Waals surface area contributed by atoms with E-state index in [1.807, 2.05) is 48.2 Å². The summed E-state index contributed by atoms with van der Waals surface area (Å²) in [7, 11) is 0. The standard InChI is InChI=1S/C20H20N6O/c1-14-5-2-8-18(23-14)25-19-9-3-6-15(24-19)17-7-4-12-26(17)20(27)16-13-21-10-11-22-16/h2-3,5-6,8-11,13,17H,4,7,12H2,1H3,(H,23,24,25)/t17-/m1/s1. The van der Waals surface area contributed by atoms with Crippen molar-refractivity contribution >= 4 is 17.5 Å². The number of hydrogen-bond donors (Lipinski definition) is 1. The molecule has 4 heterocycles. The van der Waals surface area contributed by atoms with Gasteiger partial charge in [0.05, 0.1) is 17.9 Å². The summed E-state index contributed by atoms with van der Waals surface area (Å²) in [5, 5.41) is 3.24. The van der Waals surface area contributed by atoms with Crippen LogP contribution in [-0.2, 0) is 0 Å². The number of anilines is 2. The Morgan fingerprint density at radius 2 is 1.93 bits per heavy atom. The first-order valence-corrected chi connectivity index (χ1v) is 8.95. The third-order valence-electron chi connectivity index (χ3n) is 4.55. The molecule has 0 saturated carbocycles. The van der Waals surface area contributed by atoms with E-state index < -0.39 is 0 Å². The van der Waals surface area contributed by atoms with Crippen LogP contribution in [0.3, 0.4) is 0 Å². The zero-order valence-corrected chi connectivity index (χ0v) is 15.0. The highest BCUT2D eigenvalue weighted by atomic mass is 16.2. The molecule has 1 amide bonds. The van der Waals surface area contributed by atoms with Gasteiger partial charge in [-0.2, -0.15) is 0 Å². The van der Waals surface area contributed by atoms with Gasteiger partial charge in [0, 0.05) is 24.6 Å². The van der Waals surface area contributed by atoms with Gasteiger partial charge >= 0.3 is 0 Å². The molecule has 1 atom stereocenters. The Hall–Kier alpha value is -3.35. The lowest BCUT2D eigenvalue weighted by Gasteiger charge is -2.24. The molecule has 0 unspecified atom stereocenters. The smallest absolute Gasteiger partial charge is 0.274 e. The molecule has 1 fully saturated rings. The molecular weight excluding hydrogens is 340 g/mol. The molecule has 3 aromatic rings. The molecule has 0 aliphatic carbocycles. The van der Waals surface area contributed by atoms with Gasteiger partial charge in [-0.15, -0.1) is 0 Å². The lowest BCUT2D eigenvalue weighted by atomic mass is 10.1. The highest BCUT2D eigenvalue weighted by molar-refractivity contribution is 5.92. The monoisotopic (exact) mass is 360 g/mol. The molecule has 0 radical (unpaired) electrons. The predicted molar refractivity (Wildman–Crippen MR) is 102 cm³/mol. The molecule has 1 aliphatic heterocycles. The summed E-state index contributed by atoms with van der Waals surface area (Å²) in [4.78, 5) is 32.0. The Kier molecular flexibility index (Phi) is 4.74. The fourth-order valence-corrected chi connectivity index (χ4v) is 3.32. The van der Waals surface area contributed by atoms with E-state index in [4.69, 9.17) is 4.98 Å². The number of hydrogen-bond acceptors (Lipinski definition) is 6. The Labute approximate surface area is 157 Å². The second-order valence-corrected chi connectivity index (χ2v) is 6.48. The van der Waals surface area contributed by atoms with Gasteiger partial charge in [-0.05, 0) is 44.0 Å². The molecule has 3 aromatic heterocycles. The number of pyridine rings is 2. The number of amides is 1. The molecular formula is C20H20N6O.